The smallest absolute Gasteiger partial charge is 0.390 e. The van der Waals surface area contributed by atoms with Crippen molar-refractivity contribution in [2.24, 2.45) is 0 Å². The molecule has 1 aromatic rings. The Hall–Kier alpha value is -1.07. The first kappa shape index (κ1) is 48.1. The van der Waals surface area contributed by atoms with Crippen molar-refractivity contribution in [3.8, 4) is 0 Å². The van der Waals surface area contributed by atoms with Crippen molar-refractivity contribution in [3.63, 3.8) is 0 Å². The normalized spacial score (nSPS) is 24.5. The first-order valence-corrected chi connectivity index (χ1v) is 23.9. The molecular weight excluding hydrogens is 852 g/mol. The summed E-state index contributed by atoms with van der Waals surface area (Å²) in [6.45, 7) is 1.94. The Morgan fingerprint density at radius 3 is 1.85 bits per heavy atom. The van der Waals surface area contributed by atoms with Crippen LogP contribution >= 0.6 is 46.9 Å². The average molecular weight is 891 g/mol. The van der Waals surface area contributed by atoms with E-state index >= 15 is 0 Å². The van der Waals surface area contributed by atoms with Crippen LogP contribution in [0.1, 0.15) is 63.7 Å². The van der Waals surface area contributed by atoms with E-state index in [-0.39, 0.29) is 24.3 Å². The van der Waals surface area contributed by atoms with Crippen molar-refractivity contribution < 1.29 is 102 Å². The number of carbonyl (C=O) groups excluding carboxylic acids is 1. The van der Waals surface area contributed by atoms with Crippen LogP contribution in [0.2, 0.25) is 0 Å². The molecule has 1 fully saturated rings. The number of aryl methyl sites for hydroxylation is 1. The zero-order chi connectivity index (χ0) is 40.5. The predicted molar refractivity (Wildman–Crippen MR) is 173 cm³/mol. The maximum absolute atomic E-state index is 12.2. The summed E-state index contributed by atoms with van der Waals surface area (Å²) in [6.07, 6.45) is -0.784. The molecule has 0 bridgehead atoms. The van der Waals surface area contributed by atoms with Crippen LogP contribution in [-0.2, 0) is 67.5 Å². The number of carbonyl (C=O) groups is 1. The zero-order valence-electron chi connectivity index (χ0n) is 27.6. The lowest BCUT2D eigenvalue weighted by Gasteiger charge is -2.21. The van der Waals surface area contributed by atoms with E-state index < -0.39 is 89.8 Å². The van der Waals surface area contributed by atoms with Crippen LogP contribution in [0.25, 0.3) is 0 Å². The molecule has 308 valence electrons. The quantitative estimate of drug-likeness (QED) is 0.0526. The third kappa shape index (κ3) is 18.2. The van der Waals surface area contributed by atoms with E-state index in [0.29, 0.717) is 38.6 Å². The Kier molecular flexibility index (Phi) is 18.0. The topological polar surface area (TPSA) is 402 Å². The molecule has 33 heteroatoms. The third-order valence-corrected chi connectivity index (χ3v) is 15.5. The van der Waals surface area contributed by atoms with Crippen molar-refractivity contribution in [3.05, 3.63) is 32.6 Å². The lowest BCUT2D eigenvalue weighted by molar-refractivity contribution is -0.121. The second-order valence-corrected chi connectivity index (χ2v) is 20.2. The molecule has 0 saturated carbocycles. The lowest BCUT2D eigenvalue weighted by Crippen LogP contribution is -2.33. The van der Waals surface area contributed by atoms with E-state index in [1.54, 1.807) is 0 Å². The number of ether oxygens (including phenoxy) is 1. The van der Waals surface area contributed by atoms with Crippen LogP contribution < -0.4 is 16.6 Å². The molecule has 53 heavy (non-hydrogen) atoms. The van der Waals surface area contributed by atoms with Gasteiger partial charge in [-0.2, -0.15) is 21.6 Å². The summed E-state index contributed by atoms with van der Waals surface area (Å²) in [7, 11) is -36.7. The summed E-state index contributed by atoms with van der Waals surface area (Å²) in [5.41, 5.74) is -1.54. The van der Waals surface area contributed by atoms with Gasteiger partial charge in [0, 0.05) is 31.1 Å². The number of hydrogen-bond acceptors (Lipinski definition) is 18. The Bertz CT molecular complexity index is 1830. The molecule has 1 aliphatic heterocycles. The van der Waals surface area contributed by atoms with E-state index in [2.05, 4.69) is 35.9 Å². The van der Waals surface area contributed by atoms with Gasteiger partial charge in [-0.1, -0.05) is 19.8 Å². The largest absolute Gasteiger partial charge is 0.490 e. The highest BCUT2D eigenvalue weighted by Gasteiger charge is 2.50. The molecule has 0 aromatic carbocycles. The van der Waals surface area contributed by atoms with Gasteiger partial charge in [-0.05, 0) is 26.2 Å². The fourth-order valence-electron chi connectivity index (χ4n) is 4.07. The molecule has 1 aromatic heterocycles. The summed E-state index contributed by atoms with van der Waals surface area (Å²) in [5, 5.41) is 12.9. The van der Waals surface area contributed by atoms with Gasteiger partial charge in [-0.25, -0.2) is 32.2 Å². The van der Waals surface area contributed by atoms with Crippen LogP contribution in [0, 0.1) is 6.92 Å². The molecule has 1 saturated heterocycles. The van der Waals surface area contributed by atoms with E-state index in [9.17, 15) is 76.2 Å². The Morgan fingerprint density at radius 2 is 1.32 bits per heavy atom. The van der Waals surface area contributed by atoms with Crippen molar-refractivity contribution in [1.82, 2.24) is 14.9 Å². The fourth-order valence-corrected chi connectivity index (χ4v) is 11.9. The third-order valence-electron chi connectivity index (χ3n) is 6.22. The molecule has 27 nitrogen and oxygen atoms in total. The van der Waals surface area contributed by atoms with Gasteiger partial charge in [0.1, 0.15) is 12.3 Å². The molecule has 2 rings (SSSR count). The number of nitrogens with one attached hydrogen (secondary N) is 2. The van der Waals surface area contributed by atoms with E-state index in [4.69, 9.17) is 4.74 Å². The highest BCUT2D eigenvalue weighted by atomic mass is 31.3. The second-order valence-electron chi connectivity index (χ2n) is 10.8. The second kappa shape index (κ2) is 19.9. The van der Waals surface area contributed by atoms with Gasteiger partial charge >= 0.3 is 52.6 Å². The Morgan fingerprint density at radius 1 is 0.830 bits per heavy atom. The first-order chi connectivity index (χ1) is 24.2. The molecule has 1 amide bonds. The standard InChI is InChI=1S/C20H39N3O24P6/c1-3-8-17(25)21-9-6-4-5-7-10-40-48(28,29)43-50(32,33)45-52(36,37)47-53(38,39)46-51(34,35)44-49(30,31)41-13-16-15(24)11-18(42-16)23-12-14(2)19(26)22-20(23)27/h12,15-16,18,24H,3-11,13H2,1-2H3,(H,21,25)(H,28,29)(H,30,31)(H,32,33)(H,34,35)(H,36,37)(H,38,39)(H,22,26,27)/t15-,16-,18-/m1/s1. The van der Waals surface area contributed by atoms with Gasteiger partial charge in [0.25, 0.3) is 5.56 Å². The summed E-state index contributed by atoms with van der Waals surface area (Å²) in [4.78, 5) is 95.0. The van der Waals surface area contributed by atoms with Gasteiger partial charge in [-0.15, -0.1) is 0 Å². The molecule has 0 radical (unpaired) electrons. The molecule has 0 aliphatic carbocycles. The van der Waals surface area contributed by atoms with Crippen LogP contribution in [0.4, 0.5) is 0 Å². The first-order valence-electron chi connectivity index (χ1n) is 14.9. The van der Waals surface area contributed by atoms with Crippen LogP contribution in [-0.4, -0.2) is 81.9 Å². The van der Waals surface area contributed by atoms with Crippen molar-refractivity contribution in [1.29, 1.82) is 0 Å². The number of aliphatic hydroxyl groups excluding tert-OH is 1. The number of aromatic amines is 1. The number of amides is 1. The number of aromatic nitrogens is 2. The van der Waals surface area contributed by atoms with Crippen molar-refractivity contribution >= 4 is 52.8 Å². The molecule has 9 N–H and O–H groups in total. The molecule has 6 unspecified atom stereocenters. The number of unbranched alkanes of at least 4 members (excludes halogenated alkanes) is 3. The number of phosphoric acid groups is 6. The predicted octanol–water partition coefficient (Wildman–Crippen LogP) is 1.69. The maximum Gasteiger partial charge on any atom is 0.490 e. The fraction of sp³-hybridized carbons (Fsp3) is 0.750. The summed E-state index contributed by atoms with van der Waals surface area (Å²) < 4.78 is 106. The Labute approximate surface area is 299 Å². The molecule has 0 spiro atoms. The SMILES string of the molecule is CCCC(=O)NCCCCCCOP(=O)(O)OP(=O)(O)OP(=O)(O)OP(=O)(O)OP(=O)(O)OP(=O)(O)OC[C@H]1O[C@@H](n2cc(C)c(=O)[nH]c2=O)C[C@H]1O. The molecule has 9 atom stereocenters. The monoisotopic (exact) mass is 891 g/mol. The van der Waals surface area contributed by atoms with Gasteiger partial charge in [0.15, 0.2) is 0 Å². The zero-order valence-corrected chi connectivity index (χ0v) is 32.9. The van der Waals surface area contributed by atoms with Crippen LogP contribution in [0.5, 0.6) is 0 Å². The maximum atomic E-state index is 12.2. The highest BCUT2D eigenvalue weighted by Crippen LogP contribution is 2.75. The number of aliphatic hydroxyl groups is 1. The Balaban J connectivity index is 1.86. The minimum Gasteiger partial charge on any atom is -0.390 e. The van der Waals surface area contributed by atoms with Gasteiger partial charge in [0.05, 0.1) is 19.3 Å². The number of hydrogen-bond donors (Lipinski definition) is 9. The summed E-state index contributed by atoms with van der Waals surface area (Å²) in [5.74, 6) is -0.120. The van der Waals surface area contributed by atoms with E-state index in [0.717, 1.165) is 10.8 Å². The molecule has 2 heterocycles. The van der Waals surface area contributed by atoms with E-state index in [1.807, 2.05) is 11.9 Å². The lowest BCUT2D eigenvalue weighted by atomic mass is 10.2. The van der Waals surface area contributed by atoms with Gasteiger partial charge < -0.3 is 44.5 Å². The number of H-pyrrole nitrogens is 1. The van der Waals surface area contributed by atoms with Crippen LogP contribution in [0.3, 0.4) is 0 Å². The average Bonchev–Trinajstić information content (AvgIpc) is 3.32. The number of phosphoric ester groups is 2. The summed E-state index contributed by atoms with van der Waals surface area (Å²) in [6, 6.07) is 0. The minimum absolute atomic E-state index is 0.0872. The molecule has 1 aliphatic rings. The highest BCUT2D eigenvalue weighted by molar-refractivity contribution is 7.72. The number of nitrogens with zero attached hydrogens (tertiary/aromatic N) is 1. The minimum atomic E-state index is -6.47. The van der Waals surface area contributed by atoms with Crippen molar-refractivity contribution in [2.75, 3.05) is 19.8 Å². The van der Waals surface area contributed by atoms with Gasteiger partial charge in [-0.3, -0.25) is 28.2 Å². The van der Waals surface area contributed by atoms with E-state index in [1.165, 1.54) is 6.92 Å². The number of rotatable bonds is 24. The van der Waals surface area contributed by atoms with Crippen molar-refractivity contribution in [2.45, 2.75) is 77.2 Å². The van der Waals surface area contributed by atoms with Crippen LogP contribution in [0.15, 0.2) is 15.8 Å². The van der Waals surface area contributed by atoms with Gasteiger partial charge in [0.2, 0.25) is 5.91 Å². The molecular formula is C20H39N3O24P6. The summed E-state index contributed by atoms with van der Waals surface area (Å²) >= 11 is 0.